The number of pyridine rings is 1. The molecule has 0 amide bonds. The van der Waals surface area contributed by atoms with Gasteiger partial charge in [0.25, 0.3) is 0 Å². The topological polar surface area (TPSA) is 51.0 Å². The number of fused-ring (bicyclic) bond motifs is 1. The van der Waals surface area contributed by atoms with E-state index in [-0.39, 0.29) is 0 Å². The quantitative estimate of drug-likeness (QED) is 0.859. The van der Waals surface area contributed by atoms with Crippen molar-refractivity contribution in [3.8, 4) is 0 Å². The van der Waals surface area contributed by atoms with Gasteiger partial charge in [-0.1, -0.05) is 0 Å². The summed E-state index contributed by atoms with van der Waals surface area (Å²) >= 11 is 0. The van der Waals surface area contributed by atoms with Crippen LogP contribution in [0.5, 0.6) is 0 Å². The molecule has 0 radical (unpaired) electrons. The average molecular weight is 231 g/mol. The van der Waals surface area contributed by atoms with Crippen molar-refractivity contribution < 1.29 is 4.42 Å². The van der Waals surface area contributed by atoms with Gasteiger partial charge in [0.2, 0.25) is 0 Å². The molecule has 90 valence electrons. The first-order valence-electron chi connectivity index (χ1n) is 6.25. The van der Waals surface area contributed by atoms with Crippen LogP contribution >= 0.6 is 0 Å². The van der Waals surface area contributed by atoms with Gasteiger partial charge in [0, 0.05) is 12.1 Å². The number of aryl methyl sites for hydroxylation is 1. The molecule has 0 atom stereocenters. The van der Waals surface area contributed by atoms with Crippen LogP contribution in [-0.2, 0) is 6.42 Å². The van der Waals surface area contributed by atoms with Gasteiger partial charge >= 0.3 is 0 Å². The highest BCUT2D eigenvalue weighted by atomic mass is 16.3. The van der Waals surface area contributed by atoms with E-state index in [9.17, 15) is 0 Å². The molecule has 1 fully saturated rings. The van der Waals surface area contributed by atoms with Crippen molar-refractivity contribution in [1.82, 2.24) is 15.3 Å². The molecule has 2 aromatic heterocycles. The number of hydrogen-bond acceptors (Lipinski definition) is 4. The van der Waals surface area contributed by atoms with Crippen molar-refractivity contribution in [3.63, 3.8) is 0 Å². The third-order valence-electron chi connectivity index (χ3n) is 3.36. The molecule has 0 saturated carbocycles. The molecule has 17 heavy (non-hydrogen) atoms. The highest BCUT2D eigenvalue weighted by molar-refractivity contribution is 5.67. The summed E-state index contributed by atoms with van der Waals surface area (Å²) < 4.78 is 5.73. The van der Waals surface area contributed by atoms with Crippen LogP contribution in [0.3, 0.4) is 0 Å². The van der Waals surface area contributed by atoms with E-state index in [1.54, 1.807) is 0 Å². The lowest BCUT2D eigenvalue weighted by Crippen LogP contribution is -2.28. The van der Waals surface area contributed by atoms with Crippen molar-refractivity contribution in [2.75, 3.05) is 13.1 Å². The molecule has 4 heteroatoms. The van der Waals surface area contributed by atoms with Crippen LogP contribution in [0.2, 0.25) is 0 Å². The number of aromatic nitrogens is 2. The normalized spacial score (nSPS) is 17.7. The van der Waals surface area contributed by atoms with E-state index in [0.717, 1.165) is 42.3 Å². The minimum atomic E-state index is 0.699. The second kappa shape index (κ2) is 4.45. The van der Waals surface area contributed by atoms with Gasteiger partial charge in [0.05, 0.1) is 0 Å². The van der Waals surface area contributed by atoms with Gasteiger partial charge in [-0.2, -0.15) is 4.98 Å². The molecule has 0 aliphatic carbocycles. The Kier molecular flexibility index (Phi) is 2.81. The predicted octanol–water partition coefficient (Wildman–Crippen LogP) is 2.07. The number of piperidine rings is 1. The molecule has 1 aliphatic heterocycles. The average Bonchev–Trinajstić information content (AvgIpc) is 2.71. The minimum absolute atomic E-state index is 0.699. The summed E-state index contributed by atoms with van der Waals surface area (Å²) in [6, 6.07) is 3.92. The number of oxazole rings is 1. The largest absolute Gasteiger partial charge is 0.439 e. The van der Waals surface area contributed by atoms with Crippen molar-refractivity contribution in [2.24, 2.45) is 5.92 Å². The third kappa shape index (κ3) is 2.31. The Balaban J connectivity index is 1.80. The molecule has 1 saturated heterocycles. The van der Waals surface area contributed by atoms with E-state index in [2.05, 4.69) is 15.3 Å². The smallest absolute Gasteiger partial charge is 0.199 e. The van der Waals surface area contributed by atoms with E-state index in [1.807, 2.05) is 19.1 Å². The van der Waals surface area contributed by atoms with E-state index in [0.29, 0.717) is 5.92 Å². The second-order valence-corrected chi connectivity index (χ2v) is 4.78. The van der Waals surface area contributed by atoms with Crippen LogP contribution in [0.4, 0.5) is 0 Å². The summed E-state index contributed by atoms with van der Waals surface area (Å²) in [7, 11) is 0. The van der Waals surface area contributed by atoms with E-state index in [4.69, 9.17) is 4.42 Å². The maximum atomic E-state index is 5.73. The zero-order valence-electron chi connectivity index (χ0n) is 10.1. The molecule has 0 unspecified atom stereocenters. The lowest BCUT2D eigenvalue weighted by atomic mass is 9.95. The van der Waals surface area contributed by atoms with Crippen LogP contribution in [0.15, 0.2) is 16.5 Å². The molecule has 0 bridgehead atoms. The number of hydrogen-bond donors (Lipinski definition) is 1. The molecule has 4 nitrogen and oxygen atoms in total. The Morgan fingerprint density at radius 3 is 2.94 bits per heavy atom. The summed E-state index contributed by atoms with van der Waals surface area (Å²) in [5, 5.41) is 3.37. The van der Waals surface area contributed by atoms with Gasteiger partial charge in [-0.25, -0.2) is 4.98 Å². The Hall–Kier alpha value is -1.42. The fraction of sp³-hybridized carbons (Fsp3) is 0.538. The van der Waals surface area contributed by atoms with Gasteiger partial charge in [0.15, 0.2) is 17.1 Å². The van der Waals surface area contributed by atoms with Gasteiger partial charge in [-0.3, -0.25) is 0 Å². The standard InChI is InChI=1S/C13H17N3O/c1-9-2-3-11-13(15-9)16-12(17-11)8-10-4-6-14-7-5-10/h2-3,10,14H,4-8H2,1H3. The molecule has 3 rings (SSSR count). The molecular weight excluding hydrogens is 214 g/mol. The van der Waals surface area contributed by atoms with Crippen LogP contribution in [0.25, 0.3) is 11.2 Å². The van der Waals surface area contributed by atoms with Gasteiger partial charge in [-0.05, 0) is 50.9 Å². The maximum Gasteiger partial charge on any atom is 0.199 e. The molecule has 1 aliphatic rings. The summed E-state index contributed by atoms with van der Waals surface area (Å²) in [5.41, 5.74) is 2.53. The van der Waals surface area contributed by atoms with Crippen LogP contribution in [0.1, 0.15) is 24.4 Å². The van der Waals surface area contributed by atoms with Gasteiger partial charge in [-0.15, -0.1) is 0 Å². The van der Waals surface area contributed by atoms with Gasteiger partial charge < -0.3 is 9.73 Å². The summed E-state index contributed by atoms with van der Waals surface area (Å²) in [4.78, 5) is 8.84. The summed E-state index contributed by atoms with van der Waals surface area (Å²) in [6.07, 6.45) is 3.37. The first-order valence-corrected chi connectivity index (χ1v) is 6.25. The minimum Gasteiger partial charge on any atom is -0.439 e. The Labute approximate surface area is 100 Å². The zero-order chi connectivity index (χ0) is 11.7. The van der Waals surface area contributed by atoms with Crippen LogP contribution in [0, 0.1) is 12.8 Å². The molecule has 3 heterocycles. The Bertz CT molecular complexity index is 514. The lowest BCUT2D eigenvalue weighted by Gasteiger charge is -2.20. The fourth-order valence-corrected chi connectivity index (χ4v) is 2.38. The van der Waals surface area contributed by atoms with Crippen molar-refractivity contribution in [3.05, 3.63) is 23.7 Å². The highest BCUT2D eigenvalue weighted by Gasteiger charge is 2.17. The second-order valence-electron chi connectivity index (χ2n) is 4.78. The predicted molar refractivity (Wildman–Crippen MR) is 65.8 cm³/mol. The number of rotatable bonds is 2. The van der Waals surface area contributed by atoms with Crippen LogP contribution in [-0.4, -0.2) is 23.1 Å². The van der Waals surface area contributed by atoms with Crippen molar-refractivity contribution >= 4 is 11.2 Å². The highest BCUT2D eigenvalue weighted by Crippen LogP contribution is 2.20. The zero-order valence-corrected chi connectivity index (χ0v) is 10.1. The Morgan fingerprint density at radius 2 is 2.12 bits per heavy atom. The van der Waals surface area contributed by atoms with E-state index in [1.165, 1.54) is 12.8 Å². The lowest BCUT2D eigenvalue weighted by molar-refractivity contribution is 0.346. The third-order valence-corrected chi connectivity index (χ3v) is 3.36. The number of nitrogens with zero attached hydrogens (tertiary/aromatic N) is 2. The van der Waals surface area contributed by atoms with Crippen LogP contribution < -0.4 is 5.32 Å². The summed E-state index contributed by atoms with van der Waals surface area (Å²) in [6.45, 7) is 4.20. The van der Waals surface area contributed by atoms with Crippen molar-refractivity contribution in [1.29, 1.82) is 0 Å². The Morgan fingerprint density at radius 1 is 1.29 bits per heavy atom. The van der Waals surface area contributed by atoms with Crippen molar-refractivity contribution in [2.45, 2.75) is 26.2 Å². The van der Waals surface area contributed by atoms with Gasteiger partial charge in [0.1, 0.15) is 0 Å². The summed E-state index contributed by atoms with van der Waals surface area (Å²) in [5.74, 6) is 1.54. The fourth-order valence-electron chi connectivity index (χ4n) is 2.38. The first-order chi connectivity index (χ1) is 8.31. The van der Waals surface area contributed by atoms with E-state index < -0.39 is 0 Å². The monoisotopic (exact) mass is 231 g/mol. The van der Waals surface area contributed by atoms with E-state index >= 15 is 0 Å². The molecule has 0 aromatic carbocycles. The first kappa shape index (κ1) is 10.7. The SMILES string of the molecule is Cc1ccc2oc(CC3CCNCC3)nc2n1. The number of nitrogens with one attached hydrogen (secondary N) is 1. The molecular formula is C13H17N3O. The molecule has 1 N–H and O–H groups in total. The maximum absolute atomic E-state index is 5.73. The molecule has 2 aromatic rings. The molecule has 0 spiro atoms.